The summed E-state index contributed by atoms with van der Waals surface area (Å²) in [6.45, 7) is 0. The Kier molecular flexibility index (Phi) is 4.05. The van der Waals surface area contributed by atoms with Gasteiger partial charge in [-0.05, 0) is 18.2 Å². The fourth-order valence-corrected chi connectivity index (χ4v) is 2.66. The van der Waals surface area contributed by atoms with Crippen LogP contribution in [0, 0.1) is 10.1 Å². The van der Waals surface area contributed by atoms with Gasteiger partial charge in [-0.1, -0.05) is 0 Å². The van der Waals surface area contributed by atoms with Gasteiger partial charge in [0, 0.05) is 11.6 Å². The quantitative estimate of drug-likeness (QED) is 0.626. The van der Waals surface area contributed by atoms with Gasteiger partial charge in [0.15, 0.2) is 23.5 Å². The summed E-state index contributed by atoms with van der Waals surface area (Å²) in [6, 6.07) is 7.24. The number of nitrogens with zero attached hydrogens (tertiary/aromatic N) is 1. The predicted octanol–water partition coefficient (Wildman–Crippen LogP) is 2.81. The lowest BCUT2D eigenvalue weighted by molar-refractivity contribution is -0.384. The van der Waals surface area contributed by atoms with Gasteiger partial charge in [0.05, 0.1) is 30.9 Å². The van der Waals surface area contributed by atoms with Crippen molar-refractivity contribution in [1.29, 1.82) is 0 Å². The van der Waals surface area contributed by atoms with Crippen molar-refractivity contribution >= 4 is 17.3 Å². The van der Waals surface area contributed by atoms with Crippen molar-refractivity contribution in [2.75, 3.05) is 19.5 Å². The van der Waals surface area contributed by atoms with E-state index in [9.17, 15) is 20.0 Å². The van der Waals surface area contributed by atoms with Gasteiger partial charge in [-0.3, -0.25) is 10.1 Å². The van der Waals surface area contributed by atoms with Gasteiger partial charge >= 0.3 is 5.97 Å². The number of methoxy groups -OCH3 is 2. The molecule has 0 radical (unpaired) electrons. The lowest BCUT2D eigenvalue weighted by Gasteiger charge is -2.18. The van der Waals surface area contributed by atoms with Crippen LogP contribution in [0.1, 0.15) is 22.1 Å². The Morgan fingerprint density at radius 3 is 2.64 bits per heavy atom. The van der Waals surface area contributed by atoms with E-state index in [0.29, 0.717) is 11.3 Å². The van der Waals surface area contributed by atoms with Gasteiger partial charge in [-0.25, -0.2) is 4.79 Å². The molecule has 0 aliphatic carbocycles. The normalized spacial score (nSPS) is 14.9. The first-order valence-corrected chi connectivity index (χ1v) is 7.16. The highest BCUT2D eigenvalue weighted by Crippen LogP contribution is 2.43. The first kappa shape index (κ1) is 16.4. The van der Waals surface area contributed by atoms with Crippen LogP contribution in [0.2, 0.25) is 0 Å². The molecule has 1 aliphatic heterocycles. The molecule has 1 atom stereocenters. The molecular formula is C16H14N2O7. The average Bonchev–Trinajstić information content (AvgIpc) is 3.02. The molecule has 130 valence electrons. The Hall–Kier alpha value is -3.49. The molecule has 9 nitrogen and oxygen atoms in total. The Morgan fingerprint density at radius 2 is 2.04 bits per heavy atom. The number of fused-ring (bicyclic) bond motifs is 1. The van der Waals surface area contributed by atoms with Gasteiger partial charge in [-0.15, -0.1) is 0 Å². The van der Waals surface area contributed by atoms with Crippen molar-refractivity contribution in [3.63, 3.8) is 0 Å². The van der Waals surface area contributed by atoms with E-state index in [1.54, 1.807) is 12.1 Å². The molecule has 3 rings (SSSR count). The minimum atomic E-state index is -1.21. The highest BCUT2D eigenvalue weighted by atomic mass is 16.6. The average molecular weight is 346 g/mol. The van der Waals surface area contributed by atoms with Crippen molar-refractivity contribution in [3.05, 3.63) is 51.6 Å². The second-order valence-corrected chi connectivity index (χ2v) is 5.15. The van der Waals surface area contributed by atoms with Crippen LogP contribution in [0.3, 0.4) is 0 Å². The number of non-ortho nitro benzene ring substituents is 1. The molecule has 0 aromatic heterocycles. The zero-order valence-corrected chi connectivity index (χ0v) is 13.3. The number of anilines is 1. The zero-order chi connectivity index (χ0) is 18.1. The summed E-state index contributed by atoms with van der Waals surface area (Å²) >= 11 is 0. The summed E-state index contributed by atoms with van der Waals surface area (Å²) in [4.78, 5) is 22.1. The molecule has 0 amide bonds. The first-order valence-electron chi connectivity index (χ1n) is 7.16. The second-order valence-electron chi connectivity index (χ2n) is 5.15. The number of carbonyl (C=O) groups is 1. The van der Waals surface area contributed by atoms with E-state index in [4.69, 9.17) is 14.2 Å². The minimum Gasteiger partial charge on any atom is -0.493 e. The Labute approximate surface area is 141 Å². The third kappa shape index (κ3) is 2.75. The summed E-state index contributed by atoms with van der Waals surface area (Å²) in [6.07, 6.45) is -0.831. The summed E-state index contributed by atoms with van der Waals surface area (Å²) in [5.74, 6) is -0.599. The predicted molar refractivity (Wildman–Crippen MR) is 86.6 cm³/mol. The number of nitro benzene ring substituents is 1. The molecule has 1 heterocycles. The summed E-state index contributed by atoms with van der Waals surface area (Å²) in [5, 5.41) is 23.5. The van der Waals surface area contributed by atoms with Crippen LogP contribution >= 0.6 is 0 Å². The highest BCUT2D eigenvalue weighted by molar-refractivity contribution is 5.94. The number of benzene rings is 2. The lowest BCUT2D eigenvalue weighted by atomic mass is 10.0. The molecule has 0 unspecified atom stereocenters. The molecule has 2 aromatic carbocycles. The van der Waals surface area contributed by atoms with Crippen molar-refractivity contribution in [2.24, 2.45) is 0 Å². The van der Waals surface area contributed by atoms with E-state index in [1.807, 2.05) is 0 Å². The number of nitrogens with one attached hydrogen (secondary N) is 1. The molecule has 2 N–H and O–H groups in total. The zero-order valence-electron chi connectivity index (χ0n) is 13.3. The summed E-state index contributed by atoms with van der Waals surface area (Å²) in [7, 11) is 2.75. The molecular weight excluding hydrogens is 332 g/mol. The largest absolute Gasteiger partial charge is 0.493 e. The van der Waals surface area contributed by atoms with Gasteiger partial charge in [0.1, 0.15) is 5.56 Å². The number of rotatable bonds is 5. The topological polar surface area (TPSA) is 120 Å². The van der Waals surface area contributed by atoms with Crippen LogP contribution in [-0.2, 0) is 0 Å². The van der Waals surface area contributed by atoms with E-state index >= 15 is 0 Å². The third-order valence-electron chi connectivity index (χ3n) is 3.78. The molecule has 0 fully saturated rings. The summed E-state index contributed by atoms with van der Waals surface area (Å²) < 4.78 is 16.0. The smallest absolute Gasteiger partial charge is 0.340 e. The Bertz CT molecular complexity index is 866. The standard InChI is InChI=1S/C16H14N2O7/c1-23-11-6-4-9(13(16(19)20)14(11)24-2)15-17-10-5-3-8(18(21)22)7-12(10)25-15/h3-7,15,17H,1-2H3,(H,19,20)/t15-/m0/s1. The van der Waals surface area contributed by atoms with E-state index in [2.05, 4.69) is 5.32 Å². The molecule has 2 aromatic rings. The van der Waals surface area contributed by atoms with E-state index in [0.717, 1.165) is 0 Å². The molecule has 0 spiro atoms. The summed E-state index contributed by atoms with van der Waals surface area (Å²) in [5.41, 5.74) is 0.611. The maximum atomic E-state index is 11.7. The second kappa shape index (κ2) is 6.19. The Balaban J connectivity index is 2.03. The van der Waals surface area contributed by atoms with Crippen LogP contribution < -0.4 is 19.5 Å². The fourth-order valence-electron chi connectivity index (χ4n) is 2.66. The molecule has 9 heteroatoms. The van der Waals surface area contributed by atoms with Crippen LogP contribution in [-0.4, -0.2) is 30.2 Å². The fraction of sp³-hybridized carbons (Fsp3) is 0.188. The van der Waals surface area contributed by atoms with Crippen LogP contribution in [0.25, 0.3) is 0 Å². The monoisotopic (exact) mass is 346 g/mol. The van der Waals surface area contributed by atoms with Gasteiger partial charge in [0.25, 0.3) is 5.69 Å². The number of aromatic carboxylic acids is 1. The number of hydrogen-bond donors (Lipinski definition) is 2. The van der Waals surface area contributed by atoms with Crippen molar-refractivity contribution in [2.45, 2.75) is 6.23 Å². The van der Waals surface area contributed by atoms with Crippen molar-refractivity contribution in [3.8, 4) is 17.2 Å². The third-order valence-corrected chi connectivity index (χ3v) is 3.78. The molecule has 0 saturated carbocycles. The maximum absolute atomic E-state index is 11.7. The van der Waals surface area contributed by atoms with Crippen LogP contribution in [0.15, 0.2) is 30.3 Å². The first-order chi connectivity index (χ1) is 12.0. The molecule has 25 heavy (non-hydrogen) atoms. The lowest BCUT2D eigenvalue weighted by Crippen LogP contribution is -2.16. The van der Waals surface area contributed by atoms with Gasteiger partial charge < -0.3 is 24.6 Å². The molecule has 0 bridgehead atoms. The van der Waals surface area contributed by atoms with Crippen molar-refractivity contribution in [1.82, 2.24) is 0 Å². The molecule has 1 aliphatic rings. The van der Waals surface area contributed by atoms with E-state index < -0.39 is 17.1 Å². The number of hydrogen-bond acceptors (Lipinski definition) is 7. The van der Waals surface area contributed by atoms with E-state index in [1.165, 1.54) is 32.4 Å². The van der Waals surface area contributed by atoms with Gasteiger partial charge in [0.2, 0.25) is 0 Å². The Morgan fingerprint density at radius 1 is 1.28 bits per heavy atom. The SMILES string of the molecule is COc1ccc([C@H]2Nc3ccc([N+](=O)[O-])cc3O2)c(C(=O)O)c1OC. The number of ether oxygens (including phenoxy) is 3. The van der Waals surface area contributed by atoms with Crippen LogP contribution in [0.5, 0.6) is 17.2 Å². The number of carboxylic acids is 1. The van der Waals surface area contributed by atoms with E-state index in [-0.39, 0.29) is 28.5 Å². The molecule has 0 saturated heterocycles. The highest BCUT2D eigenvalue weighted by Gasteiger charge is 2.31. The maximum Gasteiger partial charge on any atom is 0.340 e. The van der Waals surface area contributed by atoms with Crippen LogP contribution in [0.4, 0.5) is 11.4 Å². The van der Waals surface area contributed by atoms with Gasteiger partial charge in [-0.2, -0.15) is 0 Å². The number of carboxylic acid groups (broad SMARTS) is 1. The minimum absolute atomic E-state index is 0.0693. The number of nitro groups is 1. The van der Waals surface area contributed by atoms with Crippen molar-refractivity contribution < 1.29 is 29.0 Å².